The predicted octanol–water partition coefficient (Wildman–Crippen LogP) is 1.88. The van der Waals surface area contributed by atoms with Gasteiger partial charge in [-0.1, -0.05) is 25.0 Å². The number of carbonyl (C=O) groups excluding carboxylic acids is 1. The van der Waals surface area contributed by atoms with Crippen LogP contribution in [0.4, 0.5) is 0 Å². The summed E-state index contributed by atoms with van der Waals surface area (Å²) in [4.78, 5) is 24.8. The highest BCUT2D eigenvalue weighted by Crippen LogP contribution is 2.21. The first-order chi connectivity index (χ1) is 10.1. The van der Waals surface area contributed by atoms with Crippen LogP contribution in [0.3, 0.4) is 0 Å². The van der Waals surface area contributed by atoms with Crippen LogP contribution in [-0.4, -0.2) is 41.5 Å². The second-order valence-corrected chi connectivity index (χ2v) is 5.63. The third-order valence-corrected chi connectivity index (χ3v) is 4.03. The first kappa shape index (κ1) is 15.5. The Morgan fingerprint density at radius 3 is 2.43 bits per heavy atom. The van der Waals surface area contributed by atoms with E-state index in [1.807, 2.05) is 7.05 Å². The highest BCUT2D eigenvalue weighted by Gasteiger charge is 2.20. The molecule has 21 heavy (non-hydrogen) atoms. The average molecular weight is 290 g/mol. The SMILES string of the molecule is CN(CC(=O)NCc1ccc(C(=O)O)cc1)C1CCCC1. The minimum atomic E-state index is -0.941. The lowest BCUT2D eigenvalue weighted by Crippen LogP contribution is -2.39. The predicted molar refractivity (Wildman–Crippen MR) is 80.1 cm³/mol. The number of likely N-dealkylation sites (N-methyl/N-ethyl adjacent to an activating group) is 1. The zero-order valence-corrected chi connectivity index (χ0v) is 12.3. The molecule has 114 valence electrons. The van der Waals surface area contributed by atoms with Crippen LogP contribution in [-0.2, 0) is 11.3 Å². The van der Waals surface area contributed by atoms with E-state index in [0.29, 0.717) is 19.1 Å². The molecule has 1 aliphatic carbocycles. The van der Waals surface area contributed by atoms with Gasteiger partial charge in [0.1, 0.15) is 0 Å². The summed E-state index contributed by atoms with van der Waals surface area (Å²) in [5, 5.41) is 11.7. The topological polar surface area (TPSA) is 69.6 Å². The molecule has 1 aromatic rings. The van der Waals surface area contributed by atoms with E-state index < -0.39 is 5.97 Å². The van der Waals surface area contributed by atoms with Crippen LogP contribution in [0.1, 0.15) is 41.6 Å². The Morgan fingerprint density at radius 2 is 1.86 bits per heavy atom. The van der Waals surface area contributed by atoms with E-state index >= 15 is 0 Å². The lowest BCUT2D eigenvalue weighted by atomic mass is 10.1. The van der Waals surface area contributed by atoms with Crippen LogP contribution in [0.5, 0.6) is 0 Å². The van der Waals surface area contributed by atoms with Crippen molar-refractivity contribution in [1.82, 2.24) is 10.2 Å². The van der Waals surface area contributed by atoms with Crippen LogP contribution in [0.25, 0.3) is 0 Å². The van der Waals surface area contributed by atoms with Crippen LogP contribution in [0.2, 0.25) is 0 Å². The molecular weight excluding hydrogens is 268 g/mol. The Kier molecular flexibility index (Phi) is 5.33. The van der Waals surface area contributed by atoms with Crippen molar-refractivity contribution in [2.24, 2.45) is 0 Å². The van der Waals surface area contributed by atoms with Gasteiger partial charge in [-0.3, -0.25) is 9.69 Å². The van der Waals surface area contributed by atoms with Crippen LogP contribution in [0, 0.1) is 0 Å². The molecule has 2 N–H and O–H groups in total. The fourth-order valence-electron chi connectivity index (χ4n) is 2.72. The zero-order chi connectivity index (χ0) is 15.2. The summed E-state index contributed by atoms with van der Waals surface area (Å²) in [7, 11) is 2.00. The number of rotatable bonds is 6. The molecule has 1 fully saturated rings. The smallest absolute Gasteiger partial charge is 0.335 e. The number of aromatic carboxylic acids is 1. The minimum absolute atomic E-state index is 0.00621. The Labute approximate surface area is 125 Å². The summed E-state index contributed by atoms with van der Waals surface area (Å²) in [6.07, 6.45) is 4.87. The van der Waals surface area contributed by atoms with Gasteiger partial charge >= 0.3 is 5.97 Å². The summed E-state index contributed by atoms with van der Waals surface area (Å²) in [5.41, 5.74) is 1.16. The van der Waals surface area contributed by atoms with E-state index in [1.54, 1.807) is 24.3 Å². The molecule has 1 aliphatic rings. The van der Waals surface area contributed by atoms with Crippen molar-refractivity contribution in [3.8, 4) is 0 Å². The van der Waals surface area contributed by atoms with E-state index in [1.165, 1.54) is 25.7 Å². The van der Waals surface area contributed by atoms with E-state index in [0.717, 1.165) is 5.56 Å². The van der Waals surface area contributed by atoms with Gasteiger partial charge in [0, 0.05) is 12.6 Å². The largest absolute Gasteiger partial charge is 0.478 e. The standard InChI is InChI=1S/C16H22N2O3/c1-18(14-4-2-3-5-14)11-15(19)17-10-12-6-8-13(9-7-12)16(20)21/h6-9,14H,2-5,10-11H2,1H3,(H,17,19)(H,20,21). The maximum Gasteiger partial charge on any atom is 0.335 e. The van der Waals surface area contributed by atoms with Crippen molar-refractivity contribution in [2.45, 2.75) is 38.3 Å². The lowest BCUT2D eigenvalue weighted by molar-refractivity contribution is -0.122. The lowest BCUT2D eigenvalue weighted by Gasteiger charge is -2.23. The van der Waals surface area contributed by atoms with Gasteiger partial charge in [0.05, 0.1) is 12.1 Å². The van der Waals surface area contributed by atoms with Gasteiger partial charge in [-0.05, 0) is 37.6 Å². The zero-order valence-electron chi connectivity index (χ0n) is 12.3. The maximum atomic E-state index is 11.9. The van der Waals surface area contributed by atoms with Gasteiger partial charge in [0.25, 0.3) is 0 Å². The summed E-state index contributed by atoms with van der Waals surface area (Å²) >= 11 is 0. The number of hydrogen-bond acceptors (Lipinski definition) is 3. The highest BCUT2D eigenvalue weighted by molar-refractivity contribution is 5.87. The molecule has 0 saturated heterocycles. The van der Waals surface area contributed by atoms with Gasteiger partial charge in [-0.25, -0.2) is 4.79 Å². The summed E-state index contributed by atoms with van der Waals surface area (Å²) in [6, 6.07) is 7.09. The number of amides is 1. The van der Waals surface area contributed by atoms with Crippen molar-refractivity contribution >= 4 is 11.9 Å². The van der Waals surface area contributed by atoms with Crippen LogP contribution < -0.4 is 5.32 Å². The Balaban J connectivity index is 1.76. The van der Waals surface area contributed by atoms with Crippen molar-refractivity contribution < 1.29 is 14.7 Å². The molecule has 0 aliphatic heterocycles. The van der Waals surface area contributed by atoms with E-state index in [2.05, 4.69) is 10.2 Å². The van der Waals surface area contributed by atoms with E-state index in [4.69, 9.17) is 5.11 Å². The van der Waals surface area contributed by atoms with E-state index in [-0.39, 0.29) is 11.5 Å². The van der Waals surface area contributed by atoms with Crippen LogP contribution in [0.15, 0.2) is 24.3 Å². The van der Waals surface area contributed by atoms with Crippen LogP contribution >= 0.6 is 0 Å². The Hall–Kier alpha value is -1.88. The normalized spacial score (nSPS) is 15.3. The molecular formula is C16H22N2O3. The third kappa shape index (κ3) is 4.56. The molecule has 1 saturated carbocycles. The van der Waals surface area contributed by atoms with Gasteiger partial charge in [-0.2, -0.15) is 0 Å². The molecule has 0 spiro atoms. The highest BCUT2D eigenvalue weighted by atomic mass is 16.4. The average Bonchev–Trinajstić information content (AvgIpc) is 3.00. The van der Waals surface area contributed by atoms with Gasteiger partial charge in [0.2, 0.25) is 5.91 Å². The van der Waals surface area contributed by atoms with Crippen molar-refractivity contribution in [3.63, 3.8) is 0 Å². The quantitative estimate of drug-likeness (QED) is 0.839. The minimum Gasteiger partial charge on any atom is -0.478 e. The second-order valence-electron chi connectivity index (χ2n) is 5.63. The molecule has 1 aromatic carbocycles. The summed E-state index contributed by atoms with van der Waals surface area (Å²) < 4.78 is 0. The summed E-state index contributed by atoms with van der Waals surface area (Å²) in [6.45, 7) is 0.842. The Morgan fingerprint density at radius 1 is 1.24 bits per heavy atom. The molecule has 0 heterocycles. The molecule has 5 heteroatoms. The van der Waals surface area contributed by atoms with Gasteiger partial charge < -0.3 is 10.4 Å². The van der Waals surface area contributed by atoms with E-state index in [9.17, 15) is 9.59 Å². The molecule has 0 unspecified atom stereocenters. The van der Waals surface area contributed by atoms with Crippen molar-refractivity contribution in [2.75, 3.05) is 13.6 Å². The van der Waals surface area contributed by atoms with Gasteiger partial charge in [0.15, 0.2) is 0 Å². The number of carboxylic acid groups (broad SMARTS) is 1. The fourth-order valence-corrected chi connectivity index (χ4v) is 2.72. The molecule has 0 bridgehead atoms. The molecule has 0 atom stereocenters. The fraction of sp³-hybridized carbons (Fsp3) is 0.500. The number of carbonyl (C=O) groups is 2. The molecule has 1 amide bonds. The number of carboxylic acids is 1. The number of hydrogen-bond donors (Lipinski definition) is 2. The first-order valence-electron chi connectivity index (χ1n) is 7.35. The third-order valence-electron chi connectivity index (χ3n) is 4.03. The summed E-state index contributed by atoms with van der Waals surface area (Å²) in [5.74, 6) is -0.935. The number of benzene rings is 1. The molecule has 0 radical (unpaired) electrons. The molecule has 0 aromatic heterocycles. The molecule has 5 nitrogen and oxygen atoms in total. The van der Waals surface area contributed by atoms with Crippen molar-refractivity contribution in [3.05, 3.63) is 35.4 Å². The first-order valence-corrected chi connectivity index (χ1v) is 7.35. The number of nitrogens with zero attached hydrogens (tertiary/aromatic N) is 1. The Bertz CT molecular complexity index is 493. The molecule has 2 rings (SSSR count). The van der Waals surface area contributed by atoms with Crippen molar-refractivity contribution in [1.29, 1.82) is 0 Å². The second kappa shape index (κ2) is 7.22. The number of nitrogens with one attached hydrogen (secondary N) is 1. The maximum absolute atomic E-state index is 11.9. The van der Waals surface area contributed by atoms with Gasteiger partial charge in [-0.15, -0.1) is 0 Å². The monoisotopic (exact) mass is 290 g/mol.